The van der Waals surface area contributed by atoms with E-state index < -0.39 is 6.04 Å². The summed E-state index contributed by atoms with van der Waals surface area (Å²) in [6.45, 7) is 1.90. The van der Waals surface area contributed by atoms with Crippen LogP contribution in [-0.4, -0.2) is 6.04 Å². The molecule has 11 heavy (non-hydrogen) atoms. The second kappa shape index (κ2) is 6.93. The van der Waals surface area contributed by atoms with Gasteiger partial charge in [0.2, 0.25) is 0 Å². The third-order valence-corrected chi connectivity index (χ3v) is 0.940. The fourth-order valence-electron chi connectivity index (χ4n) is 0.479. The molecule has 1 nitrogen and oxygen atoms in total. The maximum Gasteiger partial charge on any atom is 0.305 e. The lowest BCUT2D eigenvalue weighted by molar-refractivity contribution is -0.128. The molecule has 0 unspecified atom stereocenters. The van der Waals surface area contributed by atoms with E-state index in [-0.39, 0.29) is 6.42 Å². The van der Waals surface area contributed by atoms with Gasteiger partial charge in [0.15, 0.2) is 0 Å². The zero-order valence-electron chi connectivity index (χ0n) is 6.46. The summed E-state index contributed by atoms with van der Waals surface area (Å²) >= 11 is 0. The van der Waals surface area contributed by atoms with Crippen molar-refractivity contribution >= 4 is 6.04 Å². The molecular formula is C9H11FO. The average Bonchev–Trinajstić information content (AvgIpc) is 1.96. The van der Waals surface area contributed by atoms with Crippen molar-refractivity contribution in [3.8, 4) is 0 Å². The first-order chi connectivity index (χ1) is 5.27. The summed E-state index contributed by atoms with van der Waals surface area (Å²) in [4.78, 5) is 9.78. The molecule has 0 radical (unpaired) electrons. The van der Waals surface area contributed by atoms with Gasteiger partial charge in [-0.15, -0.1) is 0 Å². The summed E-state index contributed by atoms with van der Waals surface area (Å²) in [5, 5.41) is 0. The van der Waals surface area contributed by atoms with Crippen molar-refractivity contribution in [2.45, 2.75) is 13.3 Å². The standard InChI is InChI=1S/C9H11FO/c1-2-3-4-5-6-7-8-9(10)11/h2-7H,8H2,1H3/b3-2-,5-4-,7-6+. The van der Waals surface area contributed by atoms with Crippen molar-refractivity contribution in [2.24, 2.45) is 0 Å². The third kappa shape index (κ3) is 8.82. The lowest BCUT2D eigenvalue weighted by Crippen LogP contribution is -1.80. The second-order valence-electron chi connectivity index (χ2n) is 1.90. The van der Waals surface area contributed by atoms with E-state index >= 15 is 0 Å². The Bertz CT molecular complexity index is 190. The Kier molecular flexibility index (Phi) is 6.19. The number of allylic oxidation sites excluding steroid dienone is 6. The number of rotatable bonds is 4. The van der Waals surface area contributed by atoms with Gasteiger partial charge in [-0.1, -0.05) is 36.5 Å². The molecule has 0 bridgehead atoms. The largest absolute Gasteiger partial charge is 0.305 e. The van der Waals surface area contributed by atoms with E-state index in [9.17, 15) is 9.18 Å². The van der Waals surface area contributed by atoms with Gasteiger partial charge in [0, 0.05) is 0 Å². The molecule has 0 rings (SSSR count). The first kappa shape index (κ1) is 9.82. The second-order valence-corrected chi connectivity index (χ2v) is 1.90. The minimum absolute atomic E-state index is 0.139. The summed E-state index contributed by atoms with van der Waals surface area (Å²) in [6, 6.07) is -1.30. The fraction of sp³-hybridized carbons (Fsp3) is 0.222. The van der Waals surface area contributed by atoms with Gasteiger partial charge in [-0.25, -0.2) is 0 Å². The summed E-state index contributed by atoms with van der Waals surface area (Å²) in [5.74, 6) is 0. The minimum Gasteiger partial charge on any atom is -0.261 e. The molecule has 0 aromatic rings. The monoisotopic (exact) mass is 154 g/mol. The topological polar surface area (TPSA) is 17.1 Å². The molecule has 0 spiro atoms. The molecule has 2 heteroatoms. The van der Waals surface area contributed by atoms with E-state index in [2.05, 4.69) is 0 Å². The highest BCUT2D eigenvalue weighted by atomic mass is 19.1. The van der Waals surface area contributed by atoms with Crippen LogP contribution >= 0.6 is 0 Å². The lowest BCUT2D eigenvalue weighted by atomic mass is 10.3. The van der Waals surface area contributed by atoms with E-state index in [1.807, 2.05) is 19.1 Å². The van der Waals surface area contributed by atoms with E-state index in [0.717, 1.165) is 0 Å². The van der Waals surface area contributed by atoms with Gasteiger partial charge in [-0.3, -0.25) is 4.79 Å². The van der Waals surface area contributed by atoms with Gasteiger partial charge in [0.25, 0.3) is 0 Å². The van der Waals surface area contributed by atoms with Crippen LogP contribution in [0.25, 0.3) is 0 Å². The average molecular weight is 154 g/mol. The quantitative estimate of drug-likeness (QED) is 0.449. The van der Waals surface area contributed by atoms with Gasteiger partial charge in [-0.05, 0) is 6.92 Å². The molecule has 0 atom stereocenters. The molecule has 0 aliphatic carbocycles. The van der Waals surface area contributed by atoms with E-state index in [1.165, 1.54) is 6.08 Å². The molecule has 0 heterocycles. The van der Waals surface area contributed by atoms with Gasteiger partial charge in [0.1, 0.15) is 0 Å². The fourth-order valence-corrected chi connectivity index (χ4v) is 0.479. The van der Waals surface area contributed by atoms with Gasteiger partial charge < -0.3 is 0 Å². The van der Waals surface area contributed by atoms with Crippen molar-refractivity contribution in [1.29, 1.82) is 0 Å². The Hall–Kier alpha value is -1.18. The Morgan fingerprint density at radius 1 is 1.27 bits per heavy atom. The number of carbonyl (C=O) groups is 1. The highest BCUT2D eigenvalue weighted by Crippen LogP contribution is 1.87. The number of hydrogen-bond acceptors (Lipinski definition) is 1. The van der Waals surface area contributed by atoms with Crippen LogP contribution in [0.2, 0.25) is 0 Å². The predicted octanol–water partition coefficient (Wildman–Crippen LogP) is 2.56. The predicted molar refractivity (Wildman–Crippen MR) is 43.8 cm³/mol. The molecule has 0 N–H and O–H groups in total. The maximum absolute atomic E-state index is 11.5. The van der Waals surface area contributed by atoms with Crippen LogP contribution in [0.15, 0.2) is 36.5 Å². The summed E-state index contributed by atoms with van der Waals surface area (Å²) in [6.07, 6.45) is 10.2. The smallest absolute Gasteiger partial charge is 0.261 e. The molecular weight excluding hydrogens is 143 g/mol. The van der Waals surface area contributed by atoms with Crippen LogP contribution in [0.5, 0.6) is 0 Å². The van der Waals surface area contributed by atoms with Crippen LogP contribution < -0.4 is 0 Å². The molecule has 0 saturated carbocycles. The van der Waals surface area contributed by atoms with Crippen LogP contribution in [-0.2, 0) is 4.79 Å². The molecule has 0 fully saturated rings. The van der Waals surface area contributed by atoms with Crippen molar-refractivity contribution in [3.63, 3.8) is 0 Å². The number of hydrogen-bond donors (Lipinski definition) is 0. The molecule has 0 saturated heterocycles. The van der Waals surface area contributed by atoms with E-state index in [0.29, 0.717) is 0 Å². The maximum atomic E-state index is 11.5. The molecule has 0 aliphatic heterocycles. The van der Waals surface area contributed by atoms with Crippen LogP contribution in [0.4, 0.5) is 4.39 Å². The highest BCUT2D eigenvalue weighted by molar-refractivity contribution is 5.69. The van der Waals surface area contributed by atoms with E-state index in [4.69, 9.17) is 0 Å². The molecule has 60 valence electrons. The van der Waals surface area contributed by atoms with E-state index in [1.54, 1.807) is 18.2 Å². The zero-order valence-corrected chi connectivity index (χ0v) is 6.46. The summed E-state index contributed by atoms with van der Waals surface area (Å²) in [7, 11) is 0. The van der Waals surface area contributed by atoms with Crippen molar-refractivity contribution < 1.29 is 9.18 Å². The molecule has 0 amide bonds. The first-order valence-electron chi connectivity index (χ1n) is 3.40. The molecule has 0 aromatic carbocycles. The van der Waals surface area contributed by atoms with Crippen molar-refractivity contribution in [1.82, 2.24) is 0 Å². The zero-order chi connectivity index (χ0) is 8.53. The Morgan fingerprint density at radius 3 is 2.45 bits per heavy atom. The first-order valence-corrected chi connectivity index (χ1v) is 3.40. The Balaban J connectivity index is 3.51. The summed E-state index contributed by atoms with van der Waals surface area (Å²) < 4.78 is 11.5. The third-order valence-electron chi connectivity index (χ3n) is 0.940. The number of carbonyl (C=O) groups excluding carboxylic acids is 1. The van der Waals surface area contributed by atoms with Crippen molar-refractivity contribution in [2.75, 3.05) is 0 Å². The normalized spacial score (nSPS) is 12.2. The lowest BCUT2D eigenvalue weighted by Gasteiger charge is -1.76. The van der Waals surface area contributed by atoms with Crippen LogP contribution in [0.1, 0.15) is 13.3 Å². The Morgan fingerprint density at radius 2 is 1.91 bits per heavy atom. The summed E-state index contributed by atoms with van der Waals surface area (Å²) in [5.41, 5.74) is 0. The molecule has 0 aromatic heterocycles. The highest BCUT2D eigenvalue weighted by Gasteiger charge is 1.88. The van der Waals surface area contributed by atoms with Crippen LogP contribution in [0, 0.1) is 0 Å². The molecule has 0 aliphatic rings. The van der Waals surface area contributed by atoms with Gasteiger partial charge in [0.05, 0.1) is 6.42 Å². The Labute approximate surface area is 65.9 Å². The number of halogens is 1. The van der Waals surface area contributed by atoms with Gasteiger partial charge >= 0.3 is 6.04 Å². The van der Waals surface area contributed by atoms with Crippen LogP contribution in [0.3, 0.4) is 0 Å². The SMILES string of the molecule is C\C=C/C=C\C=C\CC(=O)F. The minimum atomic E-state index is -1.30. The van der Waals surface area contributed by atoms with Crippen molar-refractivity contribution in [3.05, 3.63) is 36.5 Å². The van der Waals surface area contributed by atoms with Gasteiger partial charge in [-0.2, -0.15) is 4.39 Å².